The minimum atomic E-state index is -3.53. The largest absolute Gasteiger partial charge is 0.381 e. The van der Waals surface area contributed by atoms with Crippen molar-refractivity contribution in [3.05, 3.63) is 10.2 Å². The molecule has 1 saturated heterocycles. The van der Waals surface area contributed by atoms with Crippen LogP contribution in [0.1, 0.15) is 25.5 Å². The molecule has 0 atom stereocenters. The lowest BCUT2D eigenvalue weighted by molar-refractivity contribution is 0.0265. The molecule has 0 amide bonds. The van der Waals surface area contributed by atoms with Crippen molar-refractivity contribution in [3.8, 4) is 0 Å². The molecule has 108 valence electrons. The lowest BCUT2D eigenvalue weighted by atomic mass is 9.83. The normalized spacial score (nSPS) is 19.5. The summed E-state index contributed by atoms with van der Waals surface area (Å²) >= 11 is 6.73. The second-order valence-electron chi connectivity index (χ2n) is 5.09. The van der Waals surface area contributed by atoms with E-state index in [9.17, 15) is 8.42 Å². The molecule has 2 rings (SSSR count). The van der Waals surface area contributed by atoms with E-state index in [1.165, 1.54) is 0 Å². The number of sulfonamides is 1. The molecule has 1 aromatic heterocycles. The zero-order chi connectivity index (χ0) is 14.1. The van der Waals surface area contributed by atoms with Gasteiger partial charge in [0.15, 0.2) is 8.68 Å². The van der Waals surface area contributed by atoms with E-state index >= 15 is 0 Å². The number of aryl methyl sites for hydroxylation is 1. The predicted octanol–water partition coefficient (Wildman–Crippen LogP) is 2.20. The van der Waals surface area contributed by atoms with Crippen molar-refractivity contribution in [2.75, 3.05) is 19.8 Å². The van der Waals surface area contributed by atoms with Crippen molar-refractivity contribution in [2.45, 2.75) is 30.9 Å². The minimum Gasteiger partial charge on any atom is -0.381 e. The van der Waals surface area contributed by atoms with Crippen molar-refractivity contribution in [1.29, 1.82) is 0 Å². The molecule has 0 bridgehead atoms. The van der Waals surface area contributed by atoms with E-state index in [2.05, 4.69) is 16.6 Å². The summed E-state index contributed by atoms with van der Waals surface area (Å²) in [7, 11) is -3.53. The Morgan fingerprint density at radius 1 is 1.47 bits per heavy atom. The molecule has 0 saturated carbocycles. The Kier molecular flexibility index (Phi) is 4.52. The number of halogens is 1. The maximum Gasteiger partial charge on any atom is 0.252 e. The Morgan fingerprint density at radius 2 is 2.11 bits per heavy atom. The van der Waals surface area contributed by atoms with Crippen LogP contribution in [0.2, 0.25) is 4.47 Å². The van der Waals surface area contributed by atoms with E-state index < -0.39 is 10.0 Å². The Labute approximate surface area is 122 Å². The Balaban J connectivity index is 2.07. The third-order valence-electron chi connectivity index (χ3n) is 3.36. The van der Waals surface area contributed by atoms with Crippen LogP contribution >= 0.6 is 22.9 Å². The van der Waals surface area contributed by atoms with E-state index in [0.717, 1.165) is 24.2 Å². The van der Waals surface area contributed by atoms with E-state index in [4.69, 9.17) is 16.3 Å². The monoisotopic (exact) mass is 324 g/mol. The molecule has 0 spiro atoms. The lowest BCUT2D eigenvalue weighted by Gasteiger charge is -2.33. The van der Waals surface area contributed by atoms with Gasteiger partial charge in [-0.05, 0) is 25.2 Å². The van der Waals surface area contributed by atoms with Gasteiger partial charge in [-0.2, -0.15) is 0 Å². The van der Waals surface area contributed by atoms with Crippen LogP contribution in [0.15, 0.2) is 4.21 Å². The molecular formula is C11H17ClN2O3S2. The molecule has 8 heteroatoms. The summed E-state index contributed by atoms with van der Waals surface area (Å²) in [6, 6.07) is 0. The molecule has 1 fully saturated rings. The maximum absolute atomic E-state index is 12.2. The Bertz CT molecular complexity index is 550. The molecule has 19 heavy (non-hydrogen) atoms. The fourth-order valence-corrected chi connectivity index (χ4v) is 4.96. The van der Waals surface area contributed by atoms with Gasteiger partial charge in [0, 0.05) is 19.8 Å². The lowest BCUT2D eigenvalue weighted by Crippen LogP contribution is -2.39. The smallest absolute Gasteiger partial charge is 0.252 e. The van der Waals surface area contributed by atoms with Gasteiger partial charge >= 0.3 is 0 Å². The van der Waals surface area contributed by atoms with Gasteiger partial charge in [0.1, 0.15) is 0 Å². The first-order chi connectivity index (χ1) is 8.82. The van der Waals surface area contributed by atoms with Gasteiger partial charge in [0.25, 0.3) is 10.0 Å². The van der Waals surface area contributed by atoms with Crippen molar-refractivity contribution < 1.29 is 13.2 Å². The highest BCUT2D eigenvalue weighted by Gasteiger charge is 2.30. The second-order valence-corrected chi connectivity index (χ2v) is 8.63. The fraction of sp³-hybridized carbons (Fsp3) is 0.727. The van der Waals surface area contributed by atoms with Gasteiger partial charge in [0.2, 0.25) is 0 Å². The summed E-state index contributed by atoms with van der Waals surface area (Å²) in [5, 5.41) is 0. The first-order valence-electron chi connectivity index (χ1n) is 6.03. The van der Waals surface area contributed by atoms with Gasteiger partial charge < -0.3 is 4.74 Å². The Hall–Kier alpha value is -0.210. The summed E-state index contributed by atoms with van der Waals surface area (Å²) in [5.74, 6) is 0. The maximum atomic E-state index is 12.2. The van der Waals surface area contributed by atoms with E-state index in [1.54, 1.807) is 6.92 Å². The summed E-state index contributed by atoms with van der Waals surface area (Å²) in [6.45, 7) is 5.50. The molecule has 5 nitrogen and oxygen atoms in total. The second kappa shape index (κ2) is 5.65. The van der Waals surface area contributed by atoms with E-state index in [0.29, 0.717) is 25.5 Å². The van der Waals surface area contributed by atoms with Crippen molar-refractivity contribution in [3.63, 3.8) is 0 Å². The summed E-state index contributed by atoms with van der Waals surface area (Å²) in [6.07, 6.45) is 1.72. The van der Waals surface area contributed by atoms with Gasteiger partial charge in [-0.1, -0.05) is 29.9 Å². The molecular weight excluding hydrogens is 308 g/mol. The number of ether oxygens (including phenoxy) is 1. The van der Waals surface area contributed by atoms with Crippen LogP contribution in [0.3, 0.4) is 0 Å². The van der Waals surface area contributed by atoms with Crippen molar-refractivity contribution in [2.24, 2.45) is 5.41 Å². The molecule has 0 aromatic carbocycles. The molecule has 1 aromatic rings. The molecule has 2 heterocycles. The Morgan fingerprint density at radius 3 is 2.63 bits per heavy atom. The fourth-order valence-electron chi connectivity index (χ4n) is 1.98. The summed E-state index contributed by atoms with van der Waals surface area (Å²) in [4.78, 5) is 3.93. The highest BCUT2D eigenvalue weighted by Crippen LogP contribution is 2.31. The van der Waals surface area contributed by atoms with Crippen LogP contribution in [0, 0.1) is 12.3 Å². The molecule has 1 N–H and O–H groups in total. The van der Waals surface area contributed by atoms with Crippen LogP contribution in [-0.2, 0) is 14.8 Å². The zero-order valence-corrected chi connectivity index (χ0v) is 13.3. The SMILES string of the molecule is Cc1nc(Cl)sc1S(=O)(=O)NCC1(C)CCOCC1. The number of aromatic nitrogens is 1. The molecule has 0 unspecified atom stereocenters. The van der Waals surface area contributed by atoms with Gasteiger partial charge in [-0.3, -0.25) is 0 Å². The molecule has 1 aliphatic rings. The van der Waals surface area contributed by atoms with Crippen LogP contribution in [0.4, 0.5) is 0 Å². The predicted molar refractivity (Wildman–Crippen MR) is 75.2 cm³/mol. The third-order valence-corrected chi connectivity index (χ3v) is 6.63. The highest BCUT2D eigenvalue weighted by atomic mass is 35.5. The standard InChI is InChI=1S/C11H17ClN2O3S2/c1-8-9(18-10(12)14-8)19(15,16)13-7-11(2)3-5-17-6-4-11/h13H,3-7H2,1-2H3. The number of rotatable bonds is 4. The number of hydrogen-bond acceptors (Lipinski definition) is 5. The van der Waals surface area contributed by atoms with Crippen LogP contribution < -0.4 is 4.72 Å². The minimum absolute atomic E-state index is 0.0479. The molecule has 0 radical (unpaired) electrons. The average Bonchev–Trinajstić information content (AvgIpc) is 2.68. The highest BCUT2D eigenvalue weighted by molar-refractivity contribution is 7.91. The van der Waals surface area contributed by atoms with Crippen molar-refractivity contribution in [1.82, 2.24) is 9.71 Å². The van der Waals surface area contributed by atoms with Crippen LogP contribution in [0.5, 0.6) is 0 Å². The quantitative estimate of drug-likeness (QED) is 0.922. The van der Waals surface area contributed by atoms with Crippen LogP contribution in [0.25, 0.3) is 0 Å². The number of thiazole rings is 1. The van der Waals surface area contributed by atoms with Crippen molar-refractivity contribution >= 4 is 33.0 Å². The first kappa shape index (κ1) is 15.2. The number of nitrogens with one attached hydrogen (secondary N) is 1. The van der Waals surface area contributed by atoms with Gasteiger partial charge in [-0.25, -0.2) is 18.1 Å². The number of nitrogens with zero attached hydrogens (tertiary/aromatic N) is 1. The van der Waals surface area contributed by atoms with Gasteiger partial charge in [0.05, 0.1) is 5.69 Å². The zero-order valence-electron chi connectivity index (χ0n) is 10.9. The summed E-state index contributed by atoms with van der Waals surface area (Å²) in [5.41, 5.74) is 0.396. The number of hydrogen-bond donors (Lipinski definition) is 1. The van der Waals surface area contributed by atoms with Crippen LogP contribution in [-0.4, -0.2) is 33.2 Å². The van der Waals surface area contributed by atoms with Gasteiger partial charge in [-0.15, -0.1) is 0 Å². The first-order valence-corrected chi connectivity index (χ1v) is 8.71. The average molecular weight is 325 g/mol. The topological polar surface area (TPSA) is 68.3 Å². The molecule has 1 aliphatic heterocycles. The molecule has 0 aliphatic carbocycles. The summed E-state index contributed by atoms with van der Waals surface area (Å²) < 4.78 is 32.9. The van der Waals surface area contributed by atoms with E-state index in [-0.39, 0.29) is 14.1 Å². The third kappa shape index (κ3) is 3.66. The van der Waals surface area contributed by atoms with E-state index in [1.807, 2.05) is 0 Å².